The van der Waals surface area contributed by atoms with Gasteiger partial charge in [0.15, 0.2) is 0 Å². The maximum Gasteiger partial charge on any atom is 0.202 e. The fourth-order valence-corrected chi connectivity index (χ4v) is 3.49. The molecule has 4 aromatic rings. The first-order valence-corrected chi connectivity index (χ1v) is 9.79. The van der Waals surface area contributed by atoms with Crippen molar-refractivity contribution in [2.24, 2.45) is 0 Å². The van der Waals surface area contributed by atoms with Gasteiger partial charge in [-0.25, -0.2) is 4.52 Å². The molecule has 0 amide bonds. The molecule has 148 valence electrons. The van der Waals surface area contributed by atoms with Crippen molar-refractivity contribution in [1.29, 1.82) is 0 Å². The van der Waals surface area contributed by atoms with Crippen LogP contribution in [0.3, 0.4) is 0 Å². The Hall–Kier alpha value is -3.61. The Morgan fingerprint density at radius 2 is 2.00 bits per heavy atom. The number of benzene rings is 1. The van der Waals surface area contributed by atoms with Crippen molar-refractivity contribution in [3.63, 3.8) is 0 Å². The Bertz CT molecular complexity index is 1140. The molecule has 3 aromatic heterocycles. The number of rotatable bonds is 7. The van der Waals surface area contributed by atoms with E-state index >= 15 is 0 Å². The smallest absolute Gasteiger partial charge is 0.202 e. The number of aromatic amines is 1. The zero-order valence-corrected chi connectivity index (χ0v) is 17.0. The quantitative estimate of drug-likeness (QED) is 0.482. The molecule has 0 saturated carbocycles. The van der Waals surface area contributed by atoms with Gasteiger partial charge in [0.2, 0.25) is 11.5 Å². The number of aryl methyl sites for hydroxylation is 1. The molecular weight excluding hydrogens is 362 g/mol. The average molecular weight is 387 g/mol. The number of pyridine rings is 1. The van der Waals surface area contributed by atoms with Crippen LogP contribution in [0.15, 0.2) is 49.2 Å². The van der Waals surface area contributed by atoms with Crippen molar-refractivity contribution in [3.8, 4) is 11.5 Å². The monoisotopic (exact) mass is 387 g/mol. The van der Waals surface area contributed by atoms with Crippen LogP contribution in [0.25, 0.3) is 23.2 Å². The molecule has 1 aromatic carbocycles. The van der Waals surface area contributed by atoms with E-state index in [0.29, 0.717) is 11.5 Å². The van der Waals surface area contributed by atoms with Crippen LogP contribution in [0.4, 0.5) is 17.1 Å². The van der Waals surface area contributed by atoms with E-state index in [1.807, 2.05) is 22.7 Å². The summed E-state index contributed by atoms with van der Waals surface area (Å²) < 4.78 is 1.83. The zero-order chi connectivity index (χ0) is 20.4. The minimum Gasteiger partial charge on any atom is -0.372 e. The molecule has 0 aliphatic carbocycles. The SMILES string of the molecule is C=Cc1[nH]n2c(-c3ccccn3)nnc2c1Nc1ccc(N(CC)CC)cc1C. The molecule has 0 spiro atoms. The van der Waals surface area contributed by atoms with Crippen LogP contribution in [0.5, 0.6) is 0 Å². The van der Waals surface area contributed by atoms with Crippen molar-refractivity contribution in [1.82, 2.24) is 24.8 Å². The van der Waals surface area contributed by atoms with Crippen LogP contribution in [-0.2, 0) is 0 Å². The largest absolute Gasteiger partial charge is 0.372 e. The van der Waals surface area contributed by atoms with Crippen molar-refractivity contribution < 1.29 is 0 Å². The third-order valence-corrected chi connectivity index (χ3v) is 5.08. The van der Waals surface area contributed by atoms with Crippen molar-refractivity contribution in [2.45, 2.75) is 20.8 Å². The maximum absolute atomic E-state index is 4.38. The second-order valence-electron chi connectivity index (χ2n) is 6.80. The lowest BCUT2D eigenvalue weighted by Crippen LogP contribution is -2.21. The number of hydrogen-bond acceptors (Lipinski definition) is 5. The van der Waals surface area contributed by atoms with Crippen molar-refractivity contribution in [3.05, 3.63) is 60.4 Å². The Morgan fingerprint density at radius 1 is 1.17 bits per heavy atom. The number of fused-ring (bicyclic) bond motifs is 1. The second kappa shape index (κ2) is 7.79. The molecular formula is C22H25N7. The van der Waals surface area contributed by atoms with Gasteiger partial charge < -0.3 is 10.2 Å². The van der Waals surface area contributed by atoms with Crippen LogP contribution < -0.4 is 10.2 Å². The Kier molecular flexibility index (Phi) is 5.03. The second-order valence-corrected chi connectivity index (χ2v) is 6.80. The first-order chi connectivity index (χ1) is 14.2. The molecule has 0 atom stereocenters. The first-order valence-electron chi connectivity index (χ1n) is 9.79. The van der Waals surface area contributed by atoms with Gasteiger partial charge in [-0.2, -0.15) is 0 Å². The Balaban J connectivity index is 1.73. The number of aromatic nitrogens is 5. The summed E-state index contributed by atoms with van der Waals surface area (Å²) in [7, 11) is 0. The number of nitrogens with zero attached hydrogens (tertiary/aromatic N) is 5. The number of hydrogen-bond donors (Lipinski definition) is 2. The topological polar surface area (TPSA) is 74.1 Å². The normalized spacial score (nSPS) is 11.0. The summed E-state index contributed by atoms with van der Waals surface area (Å²) in [4.78, 5) is 6.71. The predicted octanol–water partition coefficient (Wildman–Crippen LogP) is 4.66. The fourth-order valence-electron chi connectivity index (χ4n) is 3.49. The summed E-state index contributed by atoms with van der Waals surface area (Å²) in [5.41, 5.74) is 6.55. The third kappa shape index (κ3) is 3.35. The van der Waals surface area contributed by atoms with Gasteiger partial charge in [0, 0.05) is 30.7 Å². The van der Waals surface area contributed by atoms with E-state index in [1.165, 1.54) is 5.69 Å². The van der Waals surface area contributed by atoms with Gasteiger partial charge in [-0.1, -0.05) is 12.6 Å². The average Bonchev–Trinajstić information content (AvgIpc) is 3.31. The molecule has 0 fully saturated rings. The summed E-state index contributed by atoms with van der Waals surface area (Å²) in [5, 5.41) is 15.5. The number of nitrogens with one attached hydrogen (secondary N) is 2. The Morgan fingerprint density at radius 3 is 2.66 bits per heavy atom. The van der Waals surface area contributed by atoms with Crippen LogP contribution >= 0.6 is 0 Å². The molecule has 0 unspecified atom stereocenters. The van der Waals surface area contributed by atoms with E-state index in [1.54, 1.807) is 12.3 Å². The summed E-state index contributed by atoms with van der Waals surface area (Å²) >= 11 is 0. The fraction of sp³-hybridized carbons (Fsp3) is 0.227. The molecule has 2 N–H and O–H groups in total. The van der Waals surface area contributed by atoms with Crippen LogP contribution in [-0.4, -0.2) is 37.9 Å². The first kappa shape index (κ1) is 18.7. The van der Waals surface area contributed by atoms with Crippen LogP contribution in [0.1, 0.15) is 25.1 Å². The van der Waals surface area contributed by atoms with Gasteiger partial charge in [-0.3, -0.25) is 10.1 Å². The van der Waals surface area contributed by atoms with Crippen LogP contribution in [0, 0.1) is 6.92 Å². The number of H-pyrrole nitrogens is 1. The summed E-state index contributed by atoms with van der Waals surface area (Å²) in [5.74, 6) is 0.658. The lowest BCUT2D eigenvalue weighted by atomic mass is 10.1. The predicted molar refractivity (Wildman–Crippen MR) is 119 cm³/mol. The molecule has 7 nitrogen and oxygen atoms in total. The van der Waals surface area contributed by atoms with E-state index < -0.39 is 0 Å². The highest BCUT2D eigenvalue weighted by molar-refractivity contribution is 5.83. The molecule has 29 heavy (non-hydrogen) atoms. The highest BCUT2D eigenvalue weighted by Crippen LogP contribution is 2.31. The van der Waals surface area contributed by atoms with Crippen LogP contribution in [0.2, 0.25) is 0 Å². The summed E-state index contributed by atoms with van der Waals surface area (Å²) in [6.07, 6.45) is 3.52. The summed E-state index contributed by atoms with van der Waals surface area (Å²) in [6, 6.07) is 12.2. The lowest BCUT2D eigenvalue weighted by Gasteiger charge is -2.22. The van der Waals surface area contributed by atoms with E-state index in [4.69, 9.17) is 0 Å². The van der Waals surface area contributed by atoms with Gasteiger partial charge >= 0.3 is 0 Å². The van der Waals surface area contributed by atoms with Gasteiger partial charge in [0.05, 0.1) is 5.69 Å². The molecule has 4 rings (SSSR count). The highest BCUT2D eigenvalue weighted by atomic mass is 15.4. The Labute approximate surface area is 170 Å². The zero-order valence-electron chi connectivity index (χ0n) is 17.0. The third-order valence-electron chi connectivity index (χ3n) is 5.08. The molecule has 7 heteroatoms. The highest BCUT2D eigenvalue weighted by Gasteiger charge is 2.18. The number of anilines is 3. The van der Waals surface area contributed by atoms with Gasteiger partial charge in [-0.05, 0) is 62.7 Å². The molecule has 0 saturated heterocycles. The molecule has 0 aliphatic rings. The molecule has 0 bridgehead atoms. The molecule has 0 radical (unpaired) electrons. The van der Waals surface area contributed by atoms with E-state index in [0.717, 1.165) is 41.4 Å². The van der Waals surface area contributed by atoms with Crippen molar-refractivity contribution >= 4 is 28.8 Å². The minimum atomic E-state index is 0.658. The van der Waals surface area contributed by atoms with Crippen molar-refractivity contribution in [2.75, 3.05) is 23.3 Å². The molecule has 3 heterocycles. The van der Waals surface area contributed by atoms with E-state index in [9.17, 15) is 0 Å². The maximum atomic E-state index is 4.38. The standard InChI is InChI=1S/C22H25N7/c1-5-17-20(24-18-12-11-16(14-15(18)4)28(6-2)7-3)22-26-25-21(29(22)27-17)19-10-8-9-13-23-19/h5,8-14,24,27H,1,6-7H2,2-4H3. The van der Waals surface area contributed by atoms with Gasteiger partial charge in [0.1, 0.15) is 11.4 Å². The van der Waals surface area contributed by atoms with Gasteiger partial charge in [-0.15, -0.1) is 10.2 Å². The summed E-state index contributed by atoms with van der Waals surface area (Å²) in [6.45, 7) is 12.4. The minimum absolute atomic E-state index is 0.658. The van der Waals surface area contributed by atoms with Gasteiger partial charge in [0.25, 0.3) is 0 Å². The van der Waals surface area contributed by atoms with E-state index in [-0.39, 0.29) is 0 Å². The lowest BCUT2D eigenvalue weighted by molar-refractivity contribution is 0.866. The van der Waals surface area contributed by atoms with E-state index in [2.05, 4.69) is 76.0 Å². The molecule has 0 aliphatic heterocycles.